The van der Waals surface area contributed by atoms with Crippen LogP contribution in [0.3, 0.4) is 0 Å². The number of hydrogen-bond donors (Lipinski definition) is 1. The lowest BCUT2D eigenvalue weighted by molar-refractivity contribution is -0.134. The average molecular weight is 320 g/mol. The molecule has 0 aromatic heterocycles. The molecular formula is C17H24N2O4. The number of para-hydroxylation sites is 2. The van der Waals surface area contributed by atoms with Gasteiger partial charge in [-0.3, -0.25) is 9.59 Å². The minimum Gasteiger partial charge on any atom is -0.493 e. The van der Waals surface area contributed by atoms with E-state index in [1.54, 1.807) is 25.3 Å². The zero-order valence-electron chi connectivity index (χ0n) is 13.7. The summed E-state index contributed by atoms with van der Waals surface area (Å²) in [5.74, 6) is 1.23. The number of piperidine rings is 1. The third-order valence-corrected chi connectivity index (χ3v) is 3.87. The number of carbonyl (C=O) groups is 2. The highest BCUT2D eigenvalue weighted by atomic mass is 16.5. The number of carbonyl (C=O) groups excluding carboxylic acids is 2. The predicted molar refractivity (Wildman–Crippen MR) is 86.5 cm³/mol. The fraction of sp³-hybridized carbons (Fsp3) is 0.529. The minimum atomic E-state index is -0.325. The Hall–Kier alpha value is -2.24. The molecule has 1 fully saturated rings. The first-order valence-corrected chi connectivity index (χ1v) is 7.90. The van der Waals surface area contributed by atoms with Crippen molar-refractivity contribution >= 4 is 11.8 Å². The second-order valence-corrected chi connectivity index (χ2v) is 5.80. The Morgan fingerprint density at radius 2 is 2.04 bits per heavy atom. The zero-order valence-corrected chi connectivity index (χ0v) is 13.7. The number of amides is 2. The van der Waals surface area contributed by atoms with Gasteiger partial charge in [-0.15, -0.1) is 0 Å². The van der Waals surface area contributed by atoms with Gasteiger partial charge in [0.25, 0.3) is 5.91 Å². The molecule has 23 heavy (non-hydrogen) atoms. The van der Waals surface area contributed by atoms with E-state index >= 15 is 0 Å². The van der Waals surface area contributed by atoms with E-state index in [4.69, 9.17) is 9.47 Å². The van der Waals surface area contributed by atoms with E-state index in [1.807, 2.05) is 11.0 Å². The molecule has 0 bridgehead atoms. The summed E-state index contributed by atoms with van der Waals surface area (Å²) in [5.41, 5.74) is 0. The second-order valence-electron chi connectivity index (χ2n) is 5.80. The molecule has 1 aliphatic rings. The Labute approximate surface area is 136 Å². The number of rotatable bonds is 6. The molecule has 1 heterocycles. The van der Waals surface area contributed by atoms with Crippen LogP contribution in [-0.2, 0) is 9.59 Å². The first kappa shape index (κ1) is 17.1. The van der Waals surface area contributed by atoms with Gasteiger partial charge in [-0.1, -0.05) is 19.1 Å². The van der Waals surface area contributed by atoms with Crippen LogP contribution in [0.1, 0.15) is 19.8 Å². The van der Waals surface area contributed by atoms with E-state index in [-0.39, 0.29) is 25.0 Å². The van der Waals surface area contributed by atoms with Gasteiger partial charge in [0.05, 0.1) is 13.7 Å². The largest absolute Gasteiger partial charge is 0.493 e. The van der Waals surface area contributed by atoms with Crippen LogP contribution >= 0.6 is 0 Å². The average Bonchev–Trinajstić information content (AvgIpc) is 2.58. The number of nitrogens with one attached hydrogen (secondary N) is 1. The third kappa shape index (κ3) is 5.16. The van der Waals surface area contributed by atoms with Crippen LogP contribution < -0.4 is 14.8 Å². The number of hydrogen-bond acceptors (Lipinski definition) is 4. The van der Waals surface area contributed by atoms with Crippen molar-refractivity contribution in [3.05, 3.63) is 24.3 Å². The van der Waals surface area contributed by atoms with E-state index in [0.29, 0.717) is 17.4 Å². The number of methoxy groups -OCH3 is 1. The molecule has 1 N–H and O–H groups in total. The van der Waals surface area contributed by atoms with Gasteiger partial charge >= 0.3 is 0 Å². The second kappa shape index (κ2) is 8.41. The first-order valence-electron chi connectivity index (χ1n) is 7.90. The van der Waals surface area contributed by atoms with Crippen LogP contribution in [0.15, 0.2) is 24.3 Å². The van der Waals surface area contributed by atoms with Crippen molar-refractivity contribution in [1.29, 1.82) is 0 Å². The Morgan fingerprint density at radius 1 is 1.30 bits per heavy atom. The fourth-order valence-corrected chi connectivity index (χ4v) is 2.63. The molecule has 1 atom stereocenters. The molecule has 0 spiro atoms. The smallest absolute Gasteiger partial charge is 0.258 e. The normalized spacial score (nSPS) is 17.5. The van der Waals surface area contributed by atoms with Gasteiger partial charge in [-0.05, 0) is 30.9 Å². The molecule has 126 valence electrons. The molecule has 0 aliphatic carbocycles. The highest BCUT2D eigenvalue weighted by Gasteiger charge is 2.21. The van der Waals surface area contributed by atoms with Crippen molar-refractivity contribution in [2.75, 3.05) is 33.4 Å². The van der Waals surface area contributed by atoms with Gasteiger partial charge in [0.2, 0.25) is 5.91 Å². The predicted octanol–water partition coefficient (Wildman–Crippen LogP) is 1.45. The number of ether oxygens (including phenoxy) is 2. The maximum Gasteiger partial charge on any atom is 0.258 e. The van der Waals surface area contributed by atoms with Crippen LogP contribution in [-0.4, -0.2) is 50.1 Å². The van der Waals surface area contributed by atoms with Crippen molar-refractivity contribution < 1.29 is 19.1 Å². The Bertz CT molecular complexity index is 547. The quantitative estimate of drug-likeness (QED) is 0.861. The van der Waals surface area contributed by atoms with Crippen molar-refractivity contribution in [1.82, 2.24) is 10.2 Å². The summed E-state index contributed by atoms with van der Waals surface area (Å²) in [5, 5.41) is 2.61. The summed E-state index contributed by atoms with van der Waals surface area (Å²) in [4.78, 5) is 25.7. The van der Waals surface area contributed by atoms with Crippen molar-refractivity contribution in [3.8, 4) is 11.5 Å². The van der Waals surface area contributed by atoms with Crippen molar-refractivity contribution in [2.45, 2.75) is 19.8 Å². The summed E-state index contributed by atoms with van der Waals surface area (Å²) in [6.07, 6.45) is 2.18. The topological polar surface area (TPSA) is 67.9 Å². The van der Waals surface area contributed by atoms with E-state index in [1.165, 1.54) is 0 Å². The molecule has 2 rings (SSSR count). The standard InChI is InChI=1S/C17H24N2O4/c1-13-6-5-9-19(11-13)17(21)10-18-16(20)12-23-15-8-4-3-7-14(15)22-2/h3-4,7-8,13H,5-6,9-12H2,1-2H3,(H,18,20). The molecular weight excluding hydrogens is 296 g/mol. The van der Waals surface area contributed by atoms with Crippen LogP contribution in [0, 0.1) is 5.92 Å². The SMILES string of the molecule is COc1ccccc1OCC(=O)NCC(=O)N1CCCC(C)C1. The highest BCUT2D eigenvalue weighted by Crippen LogP contribution is 2.25. The Kier molecular flexibility index (Phi) is 6.26. The molecule has 2 amide bonds. The van der Waals surface area contributed by atoms with Crippen LogP contribution in [0.5, 0.6) is 11.5 Å². The van der Waals surface area contributed by atoms with Crippen molar-refractivity contribution in [2.24, 2.45) is 5.92 Å². The van der Waals surface area contributed by atoms with Crippen LogP contribution in [0.25, 0.3) is 0 Å². The van der Waals surface area contributed by atoms with E-state index in [0.717, 1.165) is 25.9 Å². The number of likely N-dealkylation sites (tertiary alicyclic amines) is 1. The number of nitrogens with zero attached hydrogens (tertiary/aromatic N) is 1. The summed E-state index contributed by atoms with van der Waals surface area (Å²) in [6.45, 7) is 3.55. The maximum absolute atomic E-state index is 12.1. The molecule has 6 nitrogen and oxygen atoms in total. The van der Waals surface area contributed by atoms with Crippen LogP contribution in [0.4, 0.5) is 0 Å². The maximum atomic E-state index is 12.1. The molecule has 1 unspecified atom stereocenters. The minimum absolute atomic E-state index is 0.0147. The third-order valence-electron chi connectivity index (χ3n) is 3.87. The van der Waals surface area contributed by atoms with Crippen LogP contribution in [0.2, 0.25) is 0 Å². The molecule has 1 saturated heterocycles. The molecule has 1 aromatic rings. The lowest BCUT2D eigenvalue weighted by atomic mass is 10.0. The van der Waals surface area contributed by atoms with Gasteiger partial charge in [-0.25, -0.2) is 0 Å². The van der Waals surface area contributed by atoms with Gasteiger partial charge in [0.1, 0.15) is 0 Å². The Balaban J connectivity index is 1.73. The van der Waals surface area contributed by atoms with Gasteiger partial charge in [0.15, 0.2) is 18.1 Å². The van der Waals surface area contributed by atoms with E-state index < -0.39 is 0 Å². The number of benzene rings is 1. The molecule has 0 saturated carbocycles. The fourth-order valence-electron chi connectivity index (χ4n) is 2.63. The summed E-state index contributed by atoms with van der Waals surface area (Å²) >= 11 is 0. The van der Waals surface area contributed by atoms with E-state index in [9.17, 15) is 9.59 Å². The lowest BCUT2D eigenvalue weighted by Crippen LogP contribution is -2.45. The van der Waals surface area contributed by atoms with Gasteiger partial charge < -0.3 is 19.7 Å². The molecule has 1 aromatic carbocycles. The monoisotopic (exact) mass is 320 g/mol. The summed E-state index contributed by atoms with van der Waals surface area (Å²) in [6, 6.07) is 7.11. The summed E-state index contributed by atoms with van der Waals surface area (Å²) < 4.78 is 10.6. The first-order chi connectivity index (χ1) is 11.1. The Morgan fingerprint density at radius 3 is 2.74 bits per heavy atom. The van der Waals surface area contributed by atoms with Crippen molar-refractivity contribution in [3.63, 3.8) is 0 Å². The van der Waals surface area contributed by atoms with Gasteiger partial charge in [-0.2, -0.15) is 0 Å². The molecule has 1 aliphatic heterocycles. The molecule has 0 radical (unpaired) electrons. The molecule has 6 heteroatoms. The van der Waals surface area contributed by atoms with E-state index in [2.05, 4.69) is 12.2 Å². The lowest BCUT2D eigenvalue weighted by Gasteiger charge is -2.31. The zero-order chi connectivity index (χ0) is 16.7. The summed E-state index contributed by atoms with van der Waals surface area (Å²) in [7, 11) is 1.54. The highest BCUT2D eigenvalue weighted by molar-refractivity contribution is 5.85. The van der Waals surface area contributed by atoms with Gasteiger partial charge in [0, 0.05) is 13.1 Å².